The van der Waals surface area contributed by atoms with E-state index in [4.69, 9.17) is 9.52 Å². The van der Waals surface area contributed by atoms with Gasteiger partial charge in [0.2, 0.25) is 0 Å². The molecule has 0 fully saturated rings. The van der Waals surface area contributed by atoms with Gasteiger partial charge >= 0.3 is 5.63 Å². The number of hydrogen-bond donors (Lipinski definition) is 2. The van der Waals surface area contributed by atoms with Gasteiger partial charge in [-0.3, -0.25) is 4.79 Å². The molecule has 0 radical (unpaired) electrons. The van der Waals surface area contributed by atoms with Crippen LogP contribution in [-0.2, 0) is 6.42 Å². The van der Waals surface area contributed by atoms with Crippen molar-refractivity contribution in [2.45, 2.75) is 13.3 Å². The topological polar surface area (TPSA) is 83.3 Å². The summed E-state index contributed by atoms with van der Waals surface area (Å²) in [4.78, 5) is 27.0. The Bertz CT molecular complexity index is 921. The summed E-state index contributed by atoms with van der Waals surface area (Å²) in [5.74, 6) is 0. The molecule has 0 amide bonds. The Morgan fingerprint density at radius 3 is 2.75 bits per heavy atom. The van der Waals surface area contributed by atoms with Crippen molar-refractivity contribution in [1.29, 1.82) is 0 Å². The van der Waals surface area contributed by atoms with Crippen molar-refractivity contribution in [3.63, 3.8) is 0 Å². The molecular formula is C15H13NO4. The molecule has 0 bridgehead atoms. The highest BCUT2D eigenvalue weighted by Crippen LogP contribution is 2.23. The molecule has 5 heteroatoms. The molecule has 0 saturated heterocycles. The van der Waals surface area contributed by atoms with Crippen LogP contribution < -0.4 is 11.2 Å². The molecule has 3 rings (SSSR count). The van der Waals surface area contributed by atoms with Crippen LogP contribution in [0.3, 0.4) is 0 Å². The molecule has 102 valence electrons. The van der Waals surface area contributed by atoms with Crippen LogP contribution in [0.15, 0.2) is 38.3 Å². The van der Waals surface area contributed by atoms with Gasteiger partial charge in [0.05, 0.1) is 10.9 Å². The zero-order valence-electron chi connectivity index (χ0n) is 10.9. The lowest BCUT2D eigenvalue weighted by atomic mass is 10.0. The molecule has 0 saturated carbocycles. The van der Waals surface area contributed by atoms with Crippen LogP contribution in [0.1, 0.15) is 11.1 Å². The maximum Gasteiger partial charge on any atom is 0.339 e. The maximum absolute atomic E-state index is 12.2. The Morgan fingerprint density at radius 2 is 2.00 bits per heavy atom. The van der Waals surface area contributed by atoms with Gasteiger partial charge < -0.3 is 14.5 Å². The van der Waals surface area contributed by atoms with Crippen LogP contribution in [0.4, 0.5) is 0 Å². The van der Waals surface area contributed by atoms with Crippen molar-refractivity contribution in [3.8, 4) is 0 Å². The summed E-state index contributed by atoms with van der Waals surface area (Å²) in [6.45, 7) is 1.54. The monoisotopic (exact) mass is 271 g/mol. The van der Waals surface area contributed by atoms with Gasteiger partial charge in [0.15, 0.2) is 5.58 Å². The van der Waals surface area contributed by atoms with Crippen LogP contribution in [0.25, 0.3) is 21.9 Å². The van der Waals surface area contributed by atoms with Gasteiger partial charge in [-0.1, -0.05) is 12.1 Å². The fourth-order valence-corrected chi connectivity index (χ4v) is 2.52. The molecule has 2 aromatic heterocycles. The summed E-state index contributed by atoms with van der Waals surface area (Å²) in [7, 11) is 0. The molecule has 0 spiro atoms. The molecule has 2 N–H and O–H groups in total. The minimum Gasteiger partial charge on any atom is -0.422 e. The Labute approximate surface area is 113 Å². The van der Waals surface area contributed by atoms with Gasteiger partial charge in [-0.15, -0.1) is 0 Å². The highest BCUT2D eigenvalue weighted by Gasteiger charge is 2.15. The Kier molecular flexibility index (Phi) is 2.91. The third kappa shape index (κ3) is 1.75. The summed E-state index contributed by atoms with van der Waals surface area (Å²) in [5.41, 5.74) is 1.05. The smallest absolute Gasteiger partial charge is 0.339 e. The molecule has 5 nitrogen and oxygen atoms in total. The second kappa shape index (κ2) is 4.61. The molecule has 0 atom stereocenters. The number of benzene rings is 1. The molecule has 2 heterocycles. The Hall–Kier alpha value is -2.40. The van der Waals surface area contributed by atoms with Crippen molar-refractivity contribution in [2.75, 3.05) is 6.61 Å². The SMILES string of the molecule is Cc1c(CCO)c(=O)oc2c1c(=O)[nH]c1ccccc12. The van der Waals surface area contributed by atoms with E-state index in [-0.39, 0.29) is 18.6 Å². The average molecular weight is 271 g/mol. The highest BCUT2D eigenvalue weighted by atomic mass is 16.4. The Balaban J connectivity index is 2.57. The quantitative estimate of drug-likeness (QED) is 0.691. The number of aromatic nitrogens is 1. The maximum atomic E-state index is 12.2. The van der Waals surface area contributed by atoms with Crippen molar-refractivity contribution in [3.05, 3.63) is 56.2 Å². The van der Waals surface area contributed by atoms with Crippen LogP contribution in [0, 0.1) is 6.92 Å². The van der Waals surface area contributed by atoms with E-state index >= 15 is 0 Å². The number of fused-ring (bicyclic) bond motifs is 3. The summed E-state index contributed by atoms with van der Waals surface area (Å²) >= 11 is 0. The van der Waals surface area contributed by atoms with Gasteiger partial charge in [0, 0.05) is 24.0 Å². The van der Waals surface area contributed by atoms with Crippen molar-refractivity contribution < 1.29 is 9.52 Å². The van der Waals surface area contributed by atoms with Crippen molar-refractivity contribution >= 4 is 21.9 Å². The minimum absolute atomic E-state index is 0.164. The third-order valence-electron chi connectivity index (χ3n) is 3.50. The summed E-state index contributed by atoms with van der Waals surface area (Å²) in [6.07, 6.45) is 0.177. The average Bonchev–Trinajstić information content (AvgIpc) is 2.43. The van der Waals surface area contributed by atoms with Crippen molar-refractivity contribution in [2.24, 2.45) is 0 Å². The zero-order valence-corrected chi connectivity index (χ0v) is 10.9. The van der Waals surface area contributed by atoms with Crippen LogP contribution in [0.5, 0.6) is 0 Å². The largest absolute Gasteiger partial charge is 0.422 e. The number of para-hydroxylation sites is 1. The molecule has 0 aliphatic heterocycles. The molecule has 0 aliphatic carbocycles. The molecule has 20 heavy (non-hydrogen) atoms. The molecular weight excluding hydrogens is 258 g/mol. The van der Waals surface area contributed by atoms with E-state index in [9.17, 15) is 9.59 Å². The van der Waals surface area contributed by atoms with Gasteiger partial charge in [-0.2, -0.15) is 0 Å². The van der Waals surface area contributed by atoms with Gasteiger partial charge in [0.1, 0.15) is 0 Å². The van der Waals surface area contributed by atoms with Gasteiger partial charge in [-0.25, -0.2) is 4.79 Å². The lowest BCUT2D eigenvalue weighted by Crippen LogP contribution is -2.17. The number of pyridine rings is 1. The lowest BCUT2D eigenvalue weighted by molar-refractivity contribution is 0.297. The van der Waals surface area contributed by atoms with E-state index in [2.05, 4.69) is 4.98 Å². The van der Waals surface area contributed by atoms with E-state index < -0.39 is 5.63 Å². The minimum atomic E-state index is -0.500. The second-order valence-electron chi connectivity index (χ2n) is 4.67. The highest BCUT2D eigenvalue weighted by molar-refractivity contribution is 6.02. The standard InChI is InChI=1S/C15H13NO4/c1-8-9(6-7-17)15(19)20-13-10-4-2-3-5-11(10)16-14(18)12(8)13/h2-5,17H,6-7H2,1H3,(H,16,18). The number of aryl methyl sites for hydroxylation is 1. The van der Waals surface area contributed by atoms with E-state index in [0.29, 0.717) is 33.0 Å². The molecule has 0 unspecified atom stereocenters. The van der Waals surface area contributed by atoms with E-state index in [1.165, 1.54) is 0 Å². The van der Waals surface area contributed by atoms with Crippen LogP contribution in [0.2, 0.25) is 0 Å². The third-order valence-corrected chi connectivity index (χ3v) is 3.50. The molecule has 1 aromatic carbocycles. The number of rotatable bonds is 2. The number of hydrogen-bond acceptors (Lipinski definition) is 4. The number of nitrogens with one attached hydrogen (secondary N) is 1. The predicted molar refractivity (Wildman–Crippen MR) is 76.1 cm³/mol. The first-order valence-electron chi connectivity index (χ1n) is 6.31. The number of aliphatic hydroxyl groups is 1. The first kappa shape index (κ1) is 12.6. The van der Waals surface area contributed by atoms with E-state index in [1.54, 1.807) is 25.1 Å². The van der Waals surface area contributed by atoms with E-state index in [1.807, 2.05) is 6.07 Å². The van der Waals surface area contributed by atoms with Crippen LogP contribution in [-0.4, -0.2) is 16.7 Å². The van der Waals surface area contributed by atoms with Gasteiger partial charge in [-0.05, 0) is 24.6 Å². The number of aromatic amines is 1. The van der Waals surface area contributed by atoms with E-state index in [0.717, 1.165) is 0 Å². The first-order chi connectivity index (χ1) is 9.63. The Morgan fingerprint density at radius 1 is 1.25 bits per heavy atom. The molecule has 3 aromatic rings. The second-order valence-corrected chi connectivity index (χ2v) is 4.67. The number of H-pyrrole nitrogens is 1. The summed E-state index contributed by atoms with van der Waals surface area (Å²) in [6, 6.07) is 7.17. The predicted octanol–water partition coefficient (Wildman–Crippen LogP) is 1.48. The fraction of sp³-hybridized carbons (Fsp3) is 0.200. The summed E-state index contributed by atoms with van der Waals surface area (Å²) in [5, 5.41) is 10.1. The lowest BCUT2D eigenvalue weighted by Gasteiger charge is -2.08. The fourth-order valence-electron chi connectivity index (χ4n) is 2.52. The van der Waals surface area contributed by atoms with Crippen molar-refractivity contribution in [1.82, 2.24) is 4.98 Å². The normalized spacial score (nSPS) is 11.3. The first-order valence-corrected chi connectivity index (χ1v) is 6.31. The number of aliphatic hydroxyl groups excluding tert-OH is 1. The zero-order chi connectivity index (χ0) is 14.3. The summed E-state index contributed by atoms with van der Waals surface area (Å²) < 4.78 is 5.33. The van der Waals surface area contributed by atoms with Crippen LogP contribution >= 0.6 is 0 Å². The van der Waals surface area contributed by atoms with Gasteiger partial charge in [0.25, 0.3) is 5.56 Å². The molecule has 0 aliphatic rings.